The number of ether oxygens (including phenoxy) is 2. The van der Waals surface area contributed by atoms with E-state index in [1.807, 2.05) is 18.2 Å². The van der Waals surface area contributed by atoms with Gasteiger partial charge in [-0.25, -0.2) is 4.39 Å². The van der Waals surface area contributed by atoms with Crippen LogP contribution in [0.25, 0.3) is 0 Å². The monoisotopic (exact) mass is 317 g/mol. The molecule has 0 atom stereocenters. The molecule has 0 N–H and O–H groups in total. The van der Waals surface area contributed by atoms with Crippen LogP contribution in [0.4, 0.5) is 4.39 Å². The van der Waals surface area contributed by atoms with Crippen molar-refractivity contribution < 1.29 is 13.9 Å². The Morgan fingerprint density at radius 1 is 1.04 bits per heavy atom. The molecule has 0 saturated carbocycles. The molecular formula is C19H24FNO2. The summed E-state index contributed by atoms with van der Waals surface area (Å²) in [4.78, 5) is 2.17. The van der Waals surface area contributed by atoms with Crippen LogP contribution < -0.4 is 9.47 Å². The number of benzene rings is 2. The molecule has 0 aliphatic carbocycles. The maximum absolute atomic E-state index is 13.7. The van der Waals surface area contributed by atoms with Crippen LogP contribution in [-0.2, 0) is 13.0 Å². The van der Waals surface area contributed by atoms with Crippen molar-refractivity contribution in [3.8, 4) is 11.5 Å². The first-order valence-electron chi connectivity index (χ1n) is 7.78. The molecule has 0 aliphatic heterocycles. The Hall–Kier alpha value is -2.07. The predicted molar refractivity (Wildman–Crippen MR) is 90.6 cm³/mol. The number of halogens is 1. The van der Waals surface area contributed by atoms with Crippen molar-refractivity contribution in [2.75, 3.05) is 27.7 Å². The van der Waals surface area contributed by atoms with E-state index in [0.717, 1.165) is 19.4 Å². The molecule has 2 rings (SSSR count). The number of hydrogen-bond donors (Lipinski definition) is 0. The summed E-state index contributed by atoms with van der Waals surface area (Å²) in [7, 11) is 5.74. The zero-order valence-electron chi connectivity index (χ0n) is 14.0. The third kappa shape index (κ3) is 5.25. The smallest absolute Gasteiger partial charge is 0.161 e. The molecule has 0 aromatic heterocycles. The Kier molecular flexibility index (Phi) is 6.41. The fourth-order valence-electron chi connectivity index (χ4n) is 2.36. The van der Waals surface area contributed by atoms with Gasteiger partial charge in [0.25, 0.3) is 0 Å². The van der Waals surface area contributed by atoms with Gasteiger partial charge in [-0.15, -0.1) is 0 Å². The van der Waals surface area contributed by atoms with Gasteiger partial charge in [-0.2, -0.15) is 0 Å². The predicted octanol–water partition coefficient (Wildman–Crippen LogP) is 3.91. The first kappa shape index (κ1) is 17.3. The minimum absolute atomic E-state index is 0.185. The van der Waals surface area contributed by atoms with Gasteiger partial charge in [-0.05, 0) is 57.2 Å². The van der Waals surface area contributed by atoms with E-state index >= 15 is 0 Å². The van der Waals surface area contributed by atoms with Crippen LogP contribution in [0.2, 0.25) is 0 Å². The number of aryl methyl sites for hydroxylation is 1. The van der Waals surface area contributed by atoms with Gasteiger partial charge in [-0.3, -0.25) is 0 Å². The number of hydrogen-bond acceptors (Lipinski definition) is 3. The summed E-state index contributed by atoms with van der Waals surface area (Å²) in [6, 6.07) is 12.6. The van der Waals surface area contributed by atoms with E-state index in [2.05, 4.69) is 19.0 Å². The number of rotatable bonds is 8. The summed E-state index contributed by atoms with van der Waals surface area (Å²) >= 11 is 0. The average Bonchev–Trinajstić information content (AvgIpc) is 2.54. The standard InChI is InChI=1S/C19H24FNO2/c1-21(2)12-6-7-15-10-11-18(22-3)19(13-15)23-14-16-8-4-5-9-17(16)20/h4-5,8-11,13H,6-7,12,14H2,1-3H3. The molecule has 0 saturated heterocycles. The van der Waals surface area contributed by atoms with Crippen molar-refractivity contribution in [2.24, 2.45) is 0 Å². The summed E-state index contributed by atoms with van der Waals surface area (Å²) in [6.45, 7) is 1.22. The number of methoxy groups -OCH3 is 1. The molecule has 2 aromatic rings. The second kappa shape index (κ2) is 8.53. The van der Waals surface area contributed by atoms with Crippen molar-refractivity contribution in [3.63, 3.8) is 0 Å². The molecule has 4 heteroatoms. The molecule has 23 heavy (non-hydrogen) atoms. The average molecular weight is 317 g/mol. The van der Waals surface area contributed by atoms with E-state index in [1.165, 1.54) is 11.6 Å². The molecule has 0 heterocycles. The topological polar surface area (TPSA) is 21.7 Å². The van der Waals surface area contributed by atoms with E-state index < -0.39 is 0 Å². The second-order valence-corrected chi connectivity index (χ2v) is 5.77. The Morgan fingerprint density at radius 2 is 1.83 bits per heavy atom. The third-order valence-corrected chi connectivity index (χ3v) is 3.64. The van der Waals surface area contributed by atoms with E-state index in [1.54, 1.807) is 25.3 Å². The maximum atomic E-state index is 13.7. The molecule has 0 radical (unpaired) electrons. The highest BCUT2D eigenvalue weighted by Crippen LogP contribution is 2.29. The quantitative estimate of drug-likeness (QED) is 0.737. The van der Waals surface area contributed by atoms with Gasteiger partial charge in [0.15, 0.2) is 11.5 Å². The third-order valence-electron chi connectivity index (χ3n) is 3.64. The van der Waals surface area contributed by atoms with Gasteiger partial charge in [0.2, 0.25) is 0 Å². The van der Waals surface area contributed by atoms with Gasteiger partial charge in [0.05, 0.1) is 7.11 Å². The minimum atomic E-state index is -0.256. The Morgan fingerprint density at radius 3 is 2.52 bits per heavy atom. The van der Waals surface area contributed by atoms with Gasteiger partial charge >= 0.3 is 0 Å². The van der Waals surface area contributed by atoms with Crippen LogP contribution in [0.3, 0.4) is 0 Å². The maximum Gasteiger partial charge on any atom is 0.161 e. The lowest BCUT2D eigenvalue weighted by Crippen LogP contribution is -2.13. The highest BCUT2D eigenvalue weighted by Gasteiger charge is 2.08. The van der Waals surface area contributed by atoms with Crippen molar-refractivity contribution in [1.29, 1.82) is 0 Å². The van der Waals surface area contributed by atoms with Gasteiger partial charge in [-0.1, -0.05) is 24.3 Å². The lowest BCUT2D eigenvalue weighted by atomic mass is 10.1. The normalized spacial score (nSPS) is 10.8. The summed E-state index contributed by atoms with van der Waals surface area (Å²) in [5.41, 5.74) is 1.73. The molecule has 2 aromatic carbocycles. The first-order valence-corrected chi connectivity index (χ1v) is 7.78. The molecule has 0 bridgehead atoms. The van der Waals surface area contributed by atoms with Crippen molar-refractivity contribution >= 4 is 0 Å². The summed E-state index contributed by atoms with van der Waals surface area (Å²) < 4.78 is 24.8. The summed E-state index contributed by atoms with van der Waals surface area (Å²) in [6.07, 6.45) is 2.05. The van der Waals surface area contributed by atoms with E-state index in [-0.39, 0.29) is 12.4 Å². The fourth-order valence-corrected chi connectivity index (χ4v) is 2.36. The Labute approximate surface area is 137 Å². The summed E-state index contributed by atoms with van der Waals surface area (Å²) in [5.74, 6) is 1.06. The molecule has 0 fully saturated rings. The lowest BCUT2D eigenvalue weighted by molar-refractivity contribution is 0.279. The van der Waals surface area contributed by atoms with Crippen LogP contribution >= 0.6 is 0 Å². The van der Waals surface area contributed by atoms with Crippen LogP contribution in [0.1, 0.15) is 17.5 Å². The van der Waals surface area contributed by atoms with Crippen LogP contribution in [-0.4, -0.2) is 32.6 Å². The zero-order valence-corrected chi connectivity index (χ0v) is 14.0. The molecule has 0 aliphatic rings. The SMILES string of the molecule is COc1ccc(CCCN(C)C)cc1OCc1ccccc1F. The number of nitrogens with zero attached hydrogens (tertiary/aromatic N) is 1. The van der Waals surface area contributed by atoms with Crippen LogP contribution in [0.15, 0.2) is 42.5 Å². The minimum Gasteiger partial charge on any atom is -0.493 e. The van der Waals surface area contributed by atoms with Crippen LogP contribution in [0, 0.1) is 5.82 Å². The van der Waals surface area contributed by atoms with Crippen LogP contribution in [0.5, 0.6) is 11.5 Å². The Bertz CT molecular complexity index is 629. The van der Waals surface area contributed by atoms with Crippen molar-refractivity contribution in [2.45, 2.75) is 19.4 Å². The molecule has 0 spiro atoms. The highest BCUT2D eigenvalue weighted by molar-refractivity contribution is 5.43. The fraction of sp³-hybridized carbons (Fsp3) is 0.368. The highest BCUT2D eigenvalue weighted by atomic mass is 19.1. The van der Waals surface area contributed by atoms with Gasteiger partial charge in [0.1, 0.15) is 12.4 Å². The first-order chi connectivity index (χ1) is 11.1. The molecule has 124 valence electrons. The summed E-state index contributed by atoms with van der Waals surface area (Å²) in [5, 5.41) is 0. The van der Waals surface area contributed by atoms with Crippen molar-refractivity contribution in [1.82, 2.24) is 4.90 Å². The molecular weight excluding hydrogens is 293 g/mol. The molecule has 0 unspecified atom stereocenters. The van der Waals surface area contributed by atoms with E-state index in [4.69, 9.17) is 9.47 Å². The Balaban J connectivity index is 2.05. The molecule has 0 amide bonds. The van der Waals surface area contributed by atoms with Gasteiger partial charge in [0, 0.05) is 5.56 Å². The second-order valence-electron chi connectivity index (χ2n) is 5.77. The van der Waals surface area contributed by atoms with E-state index in [0.29, 0.717) is 17.1 Å². The molecule has 3 nitrogen and oxygen atoms in total. The zero-order chi connectivity index (χ0) is 16.7. The largest absolute Gasteiger partial charge is 0.493 e. The van der Waals surface area contributed by atoms with Gasteiger partial charge < -0.3 is 14.4 Å². The lowest BCUT2D eigenvalue weighted by Gasteiger charge is -2.13. The van der Waals surface area contributed by atoms with Crippen molar-refractivity contribution in [3.05, 3.63) is 59.4 Å². The van der Waals surface area contributed by atoms with E-state index in [9.17, 15) is 4.39 Å².